The maximum Gasteiger partial charge on any atom is 0 e. The van der Waals surface area contributed by atoms with E-state index in [0.717, 1.165) is 0 Å². The molecule has 0 amide bonds. The zero-order valence-corrected chi connectivity index (χ0v) is 8.31. The van der Waals surface area contributed by atoms with Gasteiger partial charge in [0.25, 0.3) is 0 Å². The topological polar surface area (TPSA) is 14.1 Å². The molecule has 0 atom stereocenters. The molecule has 0 radical (unpaired) electrons. The van der Waals surface area contributed by atoms with Gasteiger partial charge in [-0.3, -0.25) is 0 Å². The zero-order valence-electron chi connectivity index (χ0n) is 1.91. The summed E-state index contributed by atoms with van der Waals surface area (Å²) in [5.41, 5.74) is 0. The van der Waals surface area contributed by atoms with Gasteiger partial charge in [0.2, 0.25) is 0 Å². The fourth-order valence-electron chi connectivity index (χ4n) is 0. The third-order valence-corrected chi connectivity index (χ3v) is 0. The minimum absolute atomic E-state index is 0. The van der Waals surface area contributed by atoms with Gasteiger partial charge in [0.1, 0.15) is 0 Å². The van der Waals surface area contributed by atoms with Gasteiger partial charge in [-0.25, -0.2) is 0 Å². The molecule has 0 heterocycles. The van der Waals surface area contributed by atoms with Crippen LogP contribution in [-0.4, -0.2) is 0 Å². The molecule has 0 aliphatic carbocycles. The SMILES string of the molecule is F[N-]F.[Rf]. The third kappa shape index (κ3) is 0.0191. The monoisotopic (exact) mass is 319 g/mol. The minimum Gasteiger partial charge on any atom is -0.339 e. The van der Waals surface area contributed by atoms with E-state index in [1.54, 1.807) is 0 Å². The molecule has 0 aromatic carbocycles. The quantitative estimate of drug-likeness (QED) is 0.636. The summed E-state index contributed by atoms with van der Waals surface area (Å²) in [7, 11) is 0. The predicted octanol–water partition coefficient (Wildman–Crippen LogP) is 1.13. The van der Waals surface area contributed by atoms with Crippen LogP contribution >= 0.6 is 0 Å². The fraction of sp³-hybridized carbons (Fsp3) is 0. The maximum absolute atomic E-state index is 9.25. The molecule has 0 saturated carbocycles. The summed E-state index contributed by atoms with van der Waals surface area (Å²) >= 11 is 0. The van der Waals surface area contributed by atoms with Gasteiger partial charge < -0.3 is 14.7 Å². The van der Waals surface area contributed by atoms with E-state index >= 15 is 0 Å². The Balaban J connectivity index is 0. The summed E-state index contributed by atoms with van der Waals surface area (Å²) in [5.74, 6) is 0.500. The Morgan fingerprint density at radius 1 is 1.25 bits per heavy atom. The Labute approximate surface area is 16.1 Å². The van der Waals surface area contributed by atoms with Gasteiger partial charge in [-0.15, -0.1) is 0 Å². The standard InChI is InChI=1S/F2N.Rf/c1-3-2;/q-1;. The van der Waals surface area contributed by atoms with Crippen LogP contribution in [0.1, 0.15) is 0 Å². The number of halogens is 2. The van der Waals surface area contributed by atoms with E-state index in [4.69, 9.17) is 0 Å². The predicted molar refractivity (Wildman–Crippen MR) is 5.58 cm³/mol. The Kier molecular flexibility index (Phi) is 131. The molecule has 0 fully saturated rings. The second kappa shape index (κ2) is 37.8. The molecule has 0 unspecified atom stereocenters. The molecule has 0 aromatic heterocycles. The van der Waals surface area contributed by atoms with Gasteiger partial charge in [-0.1, -0.05) is 0 Å². The van der Waals surface area contributed by atoms with Crippen molar-refractivity contribution in [3.63, 3.8) is 0 Å². The van der Waals surface area contributed by atoms with E-state index in [1.807, 2.05) is 0 Å². The Hall–Kier alpha value is -1.18. The van der Waals surface area contributed by atoms with Crippen molar-refractivity contribution in [2.24, 2.45) is 0 Å². The fourth-order valence-corrected chi connectivity index (χ4v) is 0. The number of hydrogen-bond donors (Lipinski definition) is 0. The van der Waals surface area contributed by atoms with Crippen molar-refractivity contribution in [3.8, 4) is 0 Å². The van der Waals surface area contributed by atoms with E-state index in [2.05, 4.69) is 0 Å². The van der Waals surface area contributed by atoms with Gasteiger partial charge in [-0.05, 0) is 0 Å². The first-order chi connectivity index (χ1) is 1.41. The van der Waals surface area contributed by atoms with Crippen molar-refractivity contribution >= 4 is 0 Å². The van der Waals surface area contributed by atoms with Crippen LogP contribution in [0.4, 0.5) is 8.96 Å². The summed E-state index contributed by atoms with van der Waals surface area (Å²) in [5, 5.41) is 0. The number of nitrogens with zero attached hydrogens (tertiary/aromatic N) is 1. The van der Waals surface area contributed by atoms with E-state index in [-0.39, 0.29) is 0 Å². The van der Waals surface area contributed by atoms with Crippen LogP contribution in [0.5, 0.6) is 0 Å². The Bertz CT molecular complexity index is 6.00. The van der Waals surface area contributed by atoms with E-state index in [0.29, 0.717) is 5.76 Å². The molecule has 4 heavy (non-hydrogen) atoms. The van der Waals surface area contributed by atoms with Crippen LogP contribution in [0.25, 0.3) is 5.76 Å². The molecule has 0 aliphatic rings. The first-order valence-corrected chi connectivity index (χ1v) is 0.338. The second-order valence-corrected chi connectivity index (χ2v) is 0.0639. The van der Waals surface area contributed by atoms with Gasteiger partial charge in [-0.2, -0.15) is 0 Å². The van der Waals surface area contributed by atoms with Crippen molar-refractivity contribution in [3.05, 3.63) is 5.76 Å². The van der Waals surface area contributed by atoms with Crippen LogP contribution in [0.2, 0.25) is 0 Å². The largest absolute Gasteiger partial charge is 0.339 e. The van der Waals surface area contributed by atoms with Crippen LogP contribution < -0.4 is 0 Å². The van der Waals surface area contributed by atoms with Crippen LogP contribution in [0.15, 0.2) is 0 Å². The van der Waals surface area contributed by atoms with Crippen LogP contribution in [0, 0.1) is 0 Å². The first kappa shape index (κ1) is 13.9. The minimum atomic E-state index is 0. The summed E-state index contributed by atoms with van der Waals surface area (Å²) in [6.07, 6.45) is 0. The molecule has 0 aromatic rings. The molecule has 0 spiro atoms. The molecule has 0 saturated heterocycles. The summed E-state index contributed by atoms with van der Waals surface area (Å²) in [4.78, 5) is 0. The van der Waals surface area contributed by atoms with Gasteiger partial charge in [0.05, 0.1) is 0 Å². The molecule has 1 nitrogen and oxygen atoms in total. The van der Waals surface area contributed by atoms with Crippen molar-refractivity contribution in [1.29, 1.82) is 0 Å². The van der Waals surface area contributed by atoms with Gasteiger partial charge in [0.15, 0.2) is 0 Å². The maximum atomic E-state index is 9.25. The van der Waals surface area contributed by atoms with Crippen molar-refractivity contribution in [1.82, 2.24) is 0 Å². The van der Waals surface area contributed by atoms with Crippen LogP contribution in [-0.2, 0) is 0 Å². The molecule has 4 heteroatoms. The molecule has 0 aliphatic heterocycles. The summed E-state index contributed by atoms with van der Waals surface area (Å²) in [6.45, 7) is 0. The third-order valence-electron chi connectivity index (χ3n) is 0. The first-order valence-electron chi connectivity index (χ1n) is 0.338. The second-order valence-electron chi connectivity index (χ2n) is 0.0639. The van der Waals surface area contributed by atoms with Crippen molar-refractivity contribution < 1.29 is 8.96 Å². The molecular weight excluding hydrogens is 319 g/mol. The zero-order chi connectivity index (χ0) is 2.71. The summed E-state index contributed by atoms with van der Waals surface area (Å²) < 4.78 is 18.5. The summed E-state index contributed by atoms with van der Waals surface area (Å²) in [6, 6.07) is 0. The normalized spacial score (nSPS) is 4.50. The Morgan fingerprint density at radius 2 is 1.25 bits per heavy atom. The molecule has 22 valence electrons. The molecular formula is F2NRf-. The Morgan fingerprint density at radius 3 is 1.25 bits per heavy atom. The van der Waals surface area contributed by atoms with Gasteiger partial charge >= 0.3 is 0 Å². The van der Waals surface area contributed by atoms with Gasteiger partial charge in [0, 0.05) is 0 Å². The molecule has 0 bridgehead atoms. The average Bonchev–Trinajstić information content (AvgIpc) is 0.918. The molecule has 0 N–H and O–H groups in total. The van der Waals surface area contributed by atoms with Crippen LogP contribution in [0.3, 0.4) is 0 Å². The van der Waals surface area contributed by atoms with E-state index < -0.39 is 0 Å². The number of hydrogen-bond acceptors (Lipinski definition) is 0. The van der Waals surface area contributed by atoms with E-state index in [1.165, 1.54) is 0 Å². The van der Waals surface area contributed by atoms with E-state index in [9.17, 15) is 8.96 Å². The number of rotatable bonds is 0. The average molecular weight is 319 g/mol. The van der Waals surface area contributed by atoms with Crippen molar-refractivity contribution in [2.75, 3.05) is 0 Å². The smallest absolute Gasteiger partial charge is 0 e. The molecule has 0 rings (SSSR count). The van der Waals surface area contributed by atoms with Crippen molar-refractivity contribution in [2.45, 2.75) is 0 Å².